The van der Waals surface area contributed by atoms with Crippen LogP contribution in [0, 0.1) is 6.92 Å². The molecule has 0 saturated carbocycles. The van der Waals surface area contributed by atoms with Crippen molar-refractivity contribution in [2.75, 3.05) is 36.1 Å². The standard InChI is InChI=1S/C29H30N4O4/c1-18(2)20-5-7-22(8-6-20)27(34)25-26(21-9-11-23(12-10-21)32-14-16-37-17-15-32)33(29(36)28(25)35)24-13-4-19(3)30-31-24/h4-13,18,26,34H,14-17H2,1-3H3. The third-order valence-corrected chi connectivity index (χ3v) is 6.91. The van der Waals surface area contributed by atoms with E-state index in [2.05, 4.69) is 28.9 Å². The highest BCUT2D eigenvalue weighted by Crippen LogP contribution is 2.42. The van der Waals surface area contributed by atoms with Crippen molar-refractivity contribution in [2.24, 2.45) is 0 Å². The maximum Gasteiger partial charge on any atom is 0.301 e. The Bertz CT molecular complexity index is 1330. The lowest BCUT2D eigenvalue weighted by Gasteiger charge is -2.29. The molecule has 2 aromatic carbocycles. The number of anilines is 2. The predicted molar refractivity (Wildman–Crippen MR) is 142 cm³/mol. The van der Waals surface area contributed by atoms with Crippen LogP contribution in [0.3, 0.4) is 0 Å². The molecule has 0 aliphatic carbocycles. The monoisotopic (exact) mass is 498 g/mol. The second-order valence-corrected chi connectivity index (χ2v) is 9.67. The van der Waals surface area contributed by atoms with E-state index in [-0.39, 0.29) is 17.2 Å². The number of nitrogens with zero attached hydrogens (tertiary/aromatic N) is 4. The molecule has 2 aliphatic rings. The van der Waals surface area contributed by atoms with E-state index in [1.165, 1.54) is 4.90 Å². The first-order valence-electron chi connectivity index (χ1n) is 12.5. The number of morpholine rings is 1. The minimum atomic E-state index is -0.847. The Kier molecular flexibility index (Phi) is 6.76. The zero-order valence-corrected chi connectivity index (χ0v) is 21.2. The number of carbonyl (C=O) groups is 2. The average molecular weight is 499 g/mol. The Labute approximate surface area is 216 Å². The fourth-order valence-electron chi connectivity index (χ4n) is 4.77. The van der Waals surface area contributed by atoms with Gasteiger partial charge in [-0.15, -0.1) is 5.10 Å². The summed E-state index contributed by atoms with van der Waals surface area (Å²) in [6.45, 7) is 8.90. The summed E-state index contributed by atoms with van der Waals surface area (Å²) in [5.41, 5.74) is 4.04. The molecule has 0 bridgehead atoms. The number of amides is 1. The van der Waals surface area contributed by atoms with Crippen LogP contribution in [0.4, 0.5) is 11.5 Å². The topological polar surface area (TPSA) is 95.9 Å². The van der Waals surface area contributed by atoms with E-state index in [1.54, 1.807) is 31.2 Å². The van der Waals surface area contributed by atoms with Crippen molar-refractivity contribution in [3.63, 3.8) is 0 Å². The van der Waals surface area contributed by atoms with E-state index < -0.39 is 17.7 Å². The van der Waals surface area contributed by atoms with Gasteiger partial charge in [0.2, 0.25) is 0 Å². The van der Waals surface area contributed by atoms with Crippen LogP contribution in [-0.4, -0.2) is 53.3 Å². The number of Topliss-reactive ketones (excluding diaryl/α,β-unsaturated/α-hetero) is 1. The highest BCUT2D eigenvalue weighted by molar-refractivity contribution is 6.51. The van der Waals surface area contributed by atoms with Crippen molar-refractivity contribution in [2.45, 2.75) is 32.7 Å². The Morgan fingerprint density at radius 3 is 2.22 bits per heavy atom. The first-order valence-corrected chi connectivity index (χ1v) is 12.5. The smallest absolute Gasteiger partial charge is 0.301 e. The number of benzene rings is 2. The number of ketones is 1. The van der Waals surface area contributed by atoms with Crippen LogP contribution in [0.1, 0.15) is 48.2 Å². The van der Waals surface area contributed by atoms with Gasteiger partial charge in [-0.3, -0.25) is 14.5 Å². The molecule has 0 radical (unpaired) electrons. The molecule has 1 amide bonds. The third-order valence-electron chi connectivity index (χ3n) is 6.91. The summed E-state index contributed by atoms with van der Waals surface area (Å²) in [6, 6.07) is 17.7. The number of hydrogen-bond acceptors (Lipinski definition) is 7. The van der Waals surface area contributed by atoms with Crippen LogP contribution in [-0.2, 0) is 14.3 Å². The fraction of sp³-hybridized carbons (Fsp3) is 0.310. The van der Waals surface area contributed by atoms with Crippen LogP contribution < -0.4 is 9.80 Å². The maximum absolute atomic E-state index is 13.4. The van der Waals surface area contributed by atoms with Crippen molar-refractivity contribution < 1.29 is 19.4 Å². The first-order chi connectivity index (χ1) is 17.8. The summed E-state index contributed by atoms with van der Waals surface area (Å²) in [4.78, 5) is 30.2. The Balaban J connectivity index is 1.61. The number of aromatic nitrogens is 2. The average Bonchev–Trinajstić information content (AvgIpc) is 3.19. The van der Waals surface area contributed by atoms with E-state index in [9.17, 15) is 14.7 Å². The summed E-state index contributed by atoms with van der Waals surface area (Å²) < 4.78 is 5.45. The Morgan fingerprint density at radius 2 is 1.62 bits per heavy atom. The zero-order valence-electron chi connectivity index (χ0n) is 21.2. The van der Waals surface area contributed by atoms with Gasteiger partial charge >= 0.3 is 5.91 Å². The van der Waals surface area contributed by atoms with Crippen LogP contribution >= 0.6 is 0 Å². The van der Waals surface area contributed by atoms with E-state index in [0.717, 1.165) is 24.3 Å². The van der Waals surface area contributed by atoms with Crippen molar-refractivity contribution in [3.05, 3.63) is 88.6 Å². The lowest BCUT2D eigenvalue weighted by molar-refractivity contribution is -0.132. The lowest BCUT2D eigenvalue weighted by atomic mass is 9.94. The summed E-state index contributed by atoms with van der Waals surface area (Å²) in [6.07, 6.45) is 0. The SMILES string of the molecule is Cc1ccc(N2C(=O)C(=O)C(=C(O)c3ccc(C(C)C)cc3)C2c2ccc(N3CCOCC3)cc2)nn1. The molecule has 0 spiro atoms. The molecule has 1 aromatic heterocycles. The number of rotatable bonds is 5. The molecule has 2 fully saturated rings. The van der Waals surface area contributed by atoms with Gasteiger partial charge in [-0.2, -0.15) is 5.10 Å². The predicted octanol–water partition coefficient (Wildman–Crippen LogP) is 4.37. The van der Waals surface area contributed by atoms with Crippen molar-refractivity contribution >= 4 is 29.0 Å². The number of aryl methyl sites for hydroxylation is 1. The van der Waals surface area contributed by atoms with Gasteiger partial charge in [0.05, 0.1) is 30.5 Å². The van der Waals surface area contributed by atoms with E-state index in [0.29, 0.717) is 36.0 Å². The first kappa shape index (κ1) is 24.6. The molecule has 1 N–H and O–H groups in total. The van der Waals surface area contributed by atoms with Gasteiger partial charge in [0.25, 0.3) is 5.78 Å². The number of carbonyl (C=O) groups excluding carboxylic acids is 2. The van der Waals surface area contributed by atoms with E-state index in [4.69, 9.17) is 4.74 Å². The molecule has 5 rings (SSSR count). The fourth-order valence-corrected chi connectivity index (χ4v) is 4.77. The largest absolute Gasteiger partial charge is 0.507 e. The molecular weight excluding hydrogens is 468 g/mol. The quantitative estimate of drug-likeness (QED) is 0.317. The second-order valence-electron chi connectivity index (χ2n) is 9.67. The zero-order chi connectivity index (χ0) is 26.1. The number of hydrogen-bond donors (Lipinski definition) is 1. The normalized spacial score (nSPS) is 19.6. The minimum absolute atomic E-state index is 0.0313. The molecule has 1 atom stereocenters. The lowest BCUT2D eigenvalue weighted by Crippen LogP contribution is -2.36. The van der Waals surface area contributed by atoms with Crippen LogP contribution in [0.5, 0.6) is 0 Å². The van der Waals surface area contributed by atoms with Crippen LogP contribution in [0.15, 0.2) is 66.2 Å². The van der Waals surface area contributed by atoms with Gasteiger partial charge in [-0.1, -0.05) is 50.2 Å². The van der Waals surface area contributed by atoms with Gasteiger partial charge in [-0.25, -0.2) is 0 Å². The second kappa shape index (κ2) is 10.1. The van der Waals surface area contributed by atoms with Gasteiger partial charge < -0.3 is 14.7 Å². The molecule has 8 heteroatoms. The molecule has 3 aromatic rings. The van der Waals surface area contributed by atoms with Crippen LogP contribution in [0.2, 0.25) is 0 Å². The maximum atomic E-state index is 13.4. The summed E-state index contributed by atoms with van der Waals surface area (Å²) >= 11 is 0. The molecule has 2 aliphatic heterocycles. The highest BCUT2D eigenvalue weighted by Gasteiger charge is 2.47. The molecular formula is C29H30N4O4. The van der Waals surface area contributed by atoms with Crippen molar-refractivity contribution in [1.29, 1.82) is 0 Å². The van der Waals surface area contributed by atoms with Gasteiger partial charge in [0, 0.05) is 24.3 Å². The van der Waals surface area contributed by atoms with Gasteiger partial charge in [-0.05, 0) is 48.2 Å². The number of ether oxygens (including phenoxy) is 1. The number of aliphatic hydroxyl groups excluding tert-OH is 1. The minimum Gasteiger partial charge on any atom is -0.507 e. The molecule has 1 unspecified atom stereocenters. The van der Waals surface area contributed by atoms with Crippen molar-refractivity contribution in [1.82, 2.24) is 10.2 Å². The summed E-state index contributed by atoms with van der Waals surface area (Å²) in [7, 11) is 0. The summed E-state index contributed by atoms with van der Waals surface area (Å²) in [5.74, 6) is -1.13. The van der Waals surface area contributed by atoms with Gasteiger partial charge in [0.1, 0.15) is 5.76 Å². The molecule has 8 nitrogen and oxygen atoms in total. The molecule has 37 heavy (non-hydrogen) atoms. The highest BCUT2D eigenvalue weighted by atomic mass is 16.5. The van der Waals surface area contributed by atoms with Crippen molar-refractivity contribution in [3.8, 4) is 0 Å². The van der Waals surface area contributed by atoms with Gasteiger partial charge in [0.15, 0.2) is 5.82 Å². The van der Waals surface area contributed by atoms with E-state index >= 15 is 0 Å². The molecule has 190 valence electrons. The molecule has 3 heterocycles. The number of aliphatic hydroxyl groups is 1. The Hall–Kier alpha value is -4.04. The van der Waals surface area contributed by atoms with E-state index in [1.807, 2.05) is 36.4 Å². The summed E-state index contributed by atoms with van der Waals surface area (Å²) in [5, 5.41) is 19.6. The Morgan fingerprint density at radius 1 is 0.946 bits per heavy atom. The third kappa shape index (κ3) is 4.72. The van der Waals surface area contributed by atoms with Crippen LogP contribution in [0.25, 0.3) is 5.76 Å². The molecule has 2 saturated heterocycles.